The second-order valence-corrected chi connectivity index (χ2v) is 7.09. The van der Waals surface area contributed by atoms with Gasteiger partial charge in [-0.1, -0.05) is 30.3 Å². The highest BCUT2D eigenvalue weighted by molar-refractivity contribution is 7.19. The lowest BCUT2D eigenvalue weighted by Gasteiger charge is -2.26. The smallest absolute Gasteiger partial charge is 0.264 e. The second-order valence-electron chi connectivity index (χ2n) is 6.01. The van der Waals surface area contributed by atoms with E-state index < -0.39 is 0 Å². The molecule has 130 valence electrons. The molecule has 0 atom stereocenters. The van der Waals surface area contributed by atoms with Crippen molar-refractivity contribution in [3.8, 4) is 16.2 Å². The van der Waals surface area contributed by atoms with Crippen LogP contribution in [-0.4, -0.2) is 25.3 Å². The first-order valence-corrected chi connectivity index (χ1v) is 8.89. The largest absolute Gasteiger partial charge is 0.482 e. The Kier molecular flexibility index (Phi) is 3.97. The monoisotopic (exact) mass is 364 g/mol. The van der Waals surface area contributed by atoms with E-state index in [9.17, 15) is 9.59 Å². The number of rotatable bonds is 3. The van der Waals surface area contributed by atoms with Crippen molar-refractivity contribution in [3.05, 3.63) is 65.7 Å². The summed E-state index contributed by atoms with van der Waals surface area (Å²) in [4.78, 5) is 27.2. The number of thiophene rings is 1. The van der Waals surface area contributed by atoms with Crippen molar-refractivity contribution in [1.29, 1.82) is 0 Å². The van der Waals surface area contributed by atoms with Crippen molar-refractivity contribution in [2.75, 3.05) is 24.3 Å². The highest BCUT2D eigenvalue weighted by atomic mass is 32.1. The topological polar surface area (TPSA) is 72.6 Å². The molecule has 2 heterocycles. The van der Waals surface area contributed by atoms with Crippen molar-refractivity contribution in [2.45, 2.75) is 0 Å². The van der Waals surface area contributed by atoms with Crippen molar-refractivity contribution in [1.82, 2.24) is 0 Å². The van der Waals surface area contributed by atoms with Gasteiger partial charge in [0.2, 0.25) is 0 Å². The molecule has 1 aliphatic rings. The molecule has 0 fully saturated rings. The zero-order valence-electron chi connectivity index (χ0n) is 14.1. The molecule has 1 aromatic heterocycles. The fourth-order valence-electron chi connectivity index (χ4n) is 2.90. The summed E-state index contributed by atoms with van der Waals surface area (Å²) >= 11 is 1.39. The number of nitrogens with zero attached hydrogens (tertiary/aromatic N) is 1. The van der Waals surface area contributed by atoms with Crippen LogP contribution in [0.15, 0.2) is 54.6 Å². The van der Waals surface area contributed by atoms with Crippen LogP contribution < -0.4 is 15.4 Å². The summed E-state index contributed by atoms with van der Waals surface area (Å²) in [5.41, 5.74) is 8.66. The lowest BCUT2D eigenvalue weighted by molar-refractivity contribution is -0.120. The first kappa shape index (κ1) is 16.4. The van der Waals surface area contributed by atoms with Gasteiger partial charge in [0, 0.05) is 17.5 Å². The summed E-state index contributed by atoms with van der Waals surface area (Å²) in [6.45, 7) is 0.00864. The summed E-state index contributed by atoms with van der Waals surface area (Å²) in [7, 11) is 1.67. The fraction of sp³-hybridized carbons (Fsp3) is 0.100. The Labute approximate surface area is 154 Å². The van der Waals surface area contributed by atoms with Crippen LogP contribution in [0.1, 0.15) is 15.9 Å². The zero-order chi connectivity index (χ0) is 18.3. The van der Waals surface area contributed by atoms with E-state index in [-0.39, 0.29) is 18.3 Å². The summed E-state index contributed by atoms with van der Waals surface area (Å²) in [5.74, 6) is 0.269. The molecule has 0 saturated carbocycles. The summed E-state index contributed by atoms with van der Waals surface area (Å²) in [6, 6.07) is 16.7. The maximum atomic E-state index is 13.0. The van der Waals surface area contributed by atoms with Crippen LogP contribution in [0.4, 0.5) is 10.7 Å². The van der Waals surface area contributed by atoms with Gasteiger partial charge < -0.3 is 15.4 Å². The molecule has 0 bridgehead atoms. The van der Waals surface area contributed by atoms with Crippen LogP contribution in [0.3, 0.4) is 0 Å². The third kappa shape index (κ3) is 2.74. The minimum Gasteiger partial charge on any atom is -0.482 e. The van der Waals surface area contributed by atoms with Gasteiger partial charge in [0.05, 0.1) is 16.3 Å². The number of anilines is 2. The number of ketones is 1. The lowest BCUT2D eigenvalue weighted by atomic mass is 10.0. The SMILES string of the molecule is CN1C(=O)COc2ccc(C(=O)c3cc(-c4ccccc4)sc3N)cc21. The van der Waals surface area contributed by atoms with Gasteiger partial charge in [0.1, 0.15) is 5.75 Å². The first-order chi connectivity index (χ1) is 12.5. The molecule has 0 radical (unpaired) electrons. The number of nitrogens with two attached hydrogens (primary N) is 1. The van der Waals surface area contributed by atoms with Gasteiger partial charge in [0.25, 0.3) is 5.91 Å². The van der Waals surface area contributed by atoms with Crippen LogP contribution in [0, 0.1) is 0 Å². The van der Waals surface area contributed by atoms with E-state index in [2.05, 4.69) is 0 Å². The Balaban J connectivity index is 1.71. The van der Waals surface area contributed by atoms with Gasteiger partial charge in [-0.2, -0.15) is 0 Å². The molecule has 0 unspecified atom stereocenters. The van der Waals surface area contributed by atoms with E-state index in [1.807, 2.05) is 36.4 Å². The second kappa shape index (κ2) is 6.31. The Hall–Kier alpha value is -3.12. The third-order valence-corrected chi connectivity index (χ3v) is 5.38. The number of carbonyl (C=O) groups is 2. The number of ether oxygens (including phenoxy) is 1. The van der Waals surface area contributed by atoms with Crippen molar-refractivity contribution >= 4 is 33.7 Å². The maximum Gasteiger partial charge on any atom is 0.264 e. The quantitative estimate of drug-likeness (QED) is 0.721. The van der Waals surface area contributed by atoms with Crippen LogP contribution in [0.2, 0.25) is 0 Å². The van der Waals surface area contributed by atoms with Gasteiger partial charge in [-0.05, 0) is 29.8 Å². The van der Waals surface area contributed by atoms with Gasteiger partial charge in [-0.25, -0.2) is 0 Å². The van der Waals surface area contributed by atoms with E-state index in [0.717, 1.165) is 10.4 Å². The molecule has 0 saturated heterocycles. The summed E-state index contributed by atoms with van der Waals surface area (Å²) < 4.78 is 5.41. The van der Waals surface area contributed by atoms with Crippen molar-refractivity contribution < 1.29 is 14.3 Å². The van der Waals surface area contributed by atoms with Gasteiger partial charge in [-0.15, -0.1) is 11.3 Å². The number of benzene rings is 2. The number of amides is 1. The van der Waals surface area contributed by atoms with E-state index >= 15 is 0 Å². The van der Waals surface area contributed by atoms with Crippen LogP contribution >= 0.6 is 11.3 Å². The van der Waals surface area contributed by atoms with E-state index in [0.29, 0.717) is 27.6 Å². The molecule has 6 heteroatoms. The van der Waals surface area contributed by atoms with E-state index in [1.165, 1.54) is 16.2 Å². The molecule has 1 amide bonds. The average Bonchev–Trinajstić information content (AvgIpc) is 3.06. The minimum absolute atomic E-state index is 0.00864. The average molecular weight is 364 g/mol. The molecule has 0 spiro atoms. The number of hydrogen-bond donors (Lipinski definition) is 1. The lowest BCUT2D eigenvalue weighted by Crippen LogP contribution is -2.35. The Morgan fingerprint density at radius 2 is 1.92 bits per heavy atom. The molecule has 0 aliphatic carbocycles. The highest BCUT2D eigenvalue weighted by Crippen LogP contribution is 2.36. The number of fused-ring (bicyclic) bond motifs is 1. The Morgan fingerprint density at radius 3 is 2.69 bits per heavy atom. The predicted molar refractivity (Wildman–Crippen MR) is 103 cm³/mol. The minimum atomic E-state index is -0.171. The molecule has 2 aromatic carbocycles. The van der Waals surface area contributed by atoms with Gasteiger partial charge in [-0.3, -0.25) is 9.59 Å². The number of nitrogen functional groups attached to an aromatic ring is 1. The highest BCUT2D eigenvalue weighted by Gasteiger charge is 2.24. The molecule has 3 aromatic rings. The predicted octanol–water partition coefficient (Wildman–Crippen LogP) is 3.58. The van der Waals surface area contributed by atoms with E-state index in [4.69, 9.17) is 10.5 Å². The first-order valence-electron chi connectivity index (χ1n) is 8.07. The summed E-state index contributed by atoms with van der Waals surface area (Å²) in [6.07, 6.45) is 0. The number of hydrogen-bond acceptors (Lipinski definition) is 5. The van der Waals surface area contributed by atoms with Crippen LogP contribution in [0.25, 0.3) is 10.4 Å². The van der Waals surface area contributed by atoms with E-state index in [1.54, 1.807) is 25.2 Å². The van der Waals surface area contributed by atoms with Crippen LogP contribution in [0.5, 0.6) is 5.75 Å². The number of likely N-dealkylation sites (N-methyl/N-ethyl adjacent to an activating group) is 1. The number of carbonyl (C=O) groups excluding carboxylic acids is 2. The van der Waals surface area contributed by atoms with Crippen molar-refractivity contribution in [2.24, 2.45) is 0 Å². The van der Waals surface area contributed by atoms with Crippen molar-refractivity contribution in [3.63, 3.8) is 0 Å². The Bertz CT molecular complexity index is 1010. The van der Waals surface area contributed by atoms with Gasteiger partial charge >= 0.3 is 0 Å². The zero-order valence-corrected chi connectivity index (χ0v) is 14.9. The molecular formula is C20H16N2O3S. The van der Waals surface area contributed by atoms with Gasteiger partial charge in [0.15, 0.2) is 12.4 Å². The fourth-order valence-corrected chi connectivity index (χ4v) is 3.83. The summed E-state index contributed by atoms with van der Waals surface area (Å²) in [5, 5.41) is 0.479. The molecule has 4 rings (SSSR count). The normalized spacial score (nSPS) is 13.3. The maximum absolute atomic E-state index is 13.0. The molecule has 2 N–H and O–H groups in total. The Morgan fingerprint density at radius 1 is 1.15 bits per heavy atom. The van der Waals surface area contributed by atoms with Crippen LogP contribution in [-0.2, 0) is 4.79 Å². The third-order valence-electron chi connectivity index (χ3n) is 4.37. The molecule has 26 heavy (non-hydrogen) atoms. The standard InChI is InChI=1S/C20H16N2O3S/c1-22-15-9-13(7-8-16(15)25-11-18(22)23)19(24)14-10-17(26-20(14)21)12-5-3-2-4-6-12/h2-10H,11,21H2,1H3. The molecule has 1 aliphatic heterocycles. The molecular weight excluding hydrogens is 348 g/mol. The molecule has 5 nitrogen and oxygen atoms in total.